The number of benzene rings is 3. The van der Waals surface area contributed by atoms with Crippen LogP contribution >= 0.6 is 0 Å². The van der Waals surface area contributed by atoms with Gasteiger partial charge in [-0.25, -0.2) is 14.8 Å². The minimum absolute atomic E-state index is 0.106. The van der Waals surface area contributed by atoms with Crippen LogP contribution in [-0.4, -0.2) is 39.8 Å². The third-order valence-electron chi connectivity index (χ3n) is 5.83. The summed E-state index contributed by atoms with van der Waals surface area (Å²) in [5, 5.41) is 7.45. The van der Waals surface area contributed by atoms with Crippen LogP contribution in [0.25, 0.3) is 22.2 Å². The lowest BCUT2D eigenvalue weighted by Gasteiger charge is -2.08. The number of ether oxygens (including phenoxy) is 1. The third kappa shape index (κ3) is 4.62. The van der Waals surface area contributed by atoms with Gasteiger partial charge in [-0.15, -0.1) is 0 Å². The highest BCUT2D eigenvalue weighted by molar-refractivity contribution is 6.16. The smallest absolute Gasteiger partial charge is 0.337 e. The number of nitrogens with zero attached hydrogens (tertiary/aromatic N) is 4. The van der Waals surface area contributed by atoms with E-state index < -0.39 is 11.9 Å². The summed E-state index contributed by atoms with van der Waals surface area (Å²) in [4.78, 5) is 34.6. The highest BCUT2D eigenvalue weighted by Crippen LogP contribution is 2.29. The van der Waals surface area contributed by atoms with E-state index in [2.05, 4.69) is 10.4 Å². The molecule has 0 unspecified atom stereocenters. The standard InChI is InChI=1S/C28H24N6O3/c1-16-12-17(2)14-20(13-16)31-27(35)23-24-26(33-22-7-5-4-6-21(22)32-24)34(25(23)29)30-15-18-8-10-19(11-9-18)28(36)37-3/h4-15H,29H2,1-3H3,(H,31,35)/b30-15-. The molecule has 3 aromatic carbocycles. The number of hydrogen-bond acceptors (Lipinski definition) is 7. The van der Waals surface area contributed by atoms with Crippen molar-refractivity contribution in [1.29, 1.82) is 0 Å². The van der Waals surface area contributed by atoms with Crippen LogP contribution < -0.4 is 11.1 Å². The Morgan fingerprint density at radius 2 is 1.62 bits per heavy atom. The van der Waals surface area contributed by atoms with Crippen LogP contribution in [0.15, 0.2) is 71.8 Å². The number of carbonyl (C=O) groups is 2. The topological polar surface area (TPSA) is 124 Å². The van der Waals surface area contributed by atoms with E-state index >= 15 is 0 Å². The Balaban J connectivity index is 1.60. The molecule has 0 saturated heterocycles. The average Bonchev–Trinajstić information content (AvgIpc) is 3.15. The quantitative estimate of drug-likeness (QED) is 0.271. The van der Waals surface area contributed by atoms with Crippen molar-refractivity contribution in [2.45, 2.75) is 13.8 Å². The average molecular weight is 493 g/mol. The molecule has 0 radical (unpaired) electrons. The lowest BCUT2D eigenvalue weighted by Crippen LogP contribution is -2.14. The Labute approximate surface area is 212 Å². The predicted molar refractivity (Wildman–Crippen MR) is 144 cm³/mol. The van der Waals surface area contributed by atoms with E-state index in [4.69, 9.17) is 20.4 Å². The van der Waals surface area contributed by atoms with Gasteiger partial charge in [0.15, 0.2) is 5.65 Å². The van der Waals surface area contributed by atoms with Gasteiger partial charge >= 0.3 is 5.97 Å². The number of para-hydroxylation sites is 2. The summed E-state index contributed by atoms with van der Waals surface area (Å²) in [7, 11) is 1.33. The van der Waals surface area contributed by atoms with Gasteiger partial charge < -0.3 is 15.8 Å². The molecule has 0 aliphatic carbocycles. The number of amides is 1. The number of nitrogens with two attached hydrogens (primary N) is 1. The molecule has 5 aromatic rings. The summed E-state index contributed by atoms with van der Waals surface area (Å²) < 4.78 is 6.14. The fourth-order valence-corrected chi connectivity index (χ4v) is 4.18. The highest BCUT2D eigenvalue weighted by atomic mass is 16.5. The van der Waals surface area contributed by atoms with Gasteiger partial charge in [0.1, 0.15) is 16.9 Å². The van der Waals surface area contributed by atoms with Crippen molar-refractivity contribution in [2.75, 3.05) is 18.2 Å². The normalized spacial score (nSPS) is 11.3. The minimum Gasteiger partial charge on any atom is -0.465 e. The van der Waals surface area contributed by atoms with Gasteiger partial charge in [-0.2, -0.15) is 9.78 Å². The van der Waals surface area contributed by atoms with Crippen LogP contribution in [0.1, 0.15) is 37.4 Å². The number of nitrogens with one attached hydrogen (secondary N) is 1. The lowest BCUT2D eigenvalue weighted by molar-refractivity contribution is 0.0600. The molecule has 0 saturated carbocycles. The van der Waals surface area contributed by atoms with E-state index in [1.165, 1.54) is 11.8 Å². The number of hydrogen-bond donors (Lipinski definition) is 2. The number of rotatable bonds is 5. The monoisotopic (exact) mass is 492 g/mol. The Morgan fingerprint density at radius 3 is 2.27 bits per heavy atom. The van der Waals surface area contributed by atoms with Crippen molar-refractivity contribution in [3.63, 3.8) is 0 Å². The van der Waals surface area contributed by atoms with Gasteiger partial charge in [-0.3, -0.25) is 4.79 Å². The van der Waals surface area contributed by atoms with Gasteiger partial charge in [0, 0.05) is 5.69 Å². The summed E-state index contributed by atoms with van der Waals surface area (Å²) in [6.45, 7) is 3.93. The molecule has 2 heterocycles. The molecule has 2 aromatic heterocycles. The zero-order chi connectivity index (χ0) is 26.1. The third-order valence-corrected chi connectivity index (χ3v) is 5.83. The van der Waals surface area contributed by atoms with Crippen LogP contribution in [0.5, 0.6) is 0 Å². The van der Waals surface area contributed by atoms with Crippen molar-refractivity contribution in [3.8, 4) is 0 Å². The number of carbonyl (C=O) groups excluding carboxylic acids is 2. The van der Waals surface area contributed by atoms with Crippen LogP contribution in [0.2, 0.25) is 0 Å². The Hall–Kier alpha value is -5.05. The van der Waals surface area contributed by atoms with Crippen molar-refractivity contribution in [3.05, 3.63) is 94.5 Å². The maximum Gasteiger partial charge on any atom is 0.337 e. The first-order valence-corrected chi connectivity index (χ1v) is 11.5. The van der Waals surface area contributed by atoms with Crippen LogP contribution in [0, 0.1) is 13.8 Å². The summed E-state index contributed by atoms with van der Waals surface area (Å²) >= 11 is 0. The van der Waals surface area contributed by atoms with E-state index in [9.17, 15) is 9.59 Å². The number of aromatic nitrogens is 3. The molecule has 37 heavy (non-hydrogen) atoms. The number of nitrogen functional groups attached to an aromatic ring is 1. The first-order valence-electron chi connectivity index (χ1n) is 11.5. The fourth-order valence-electron chi connectivity index (χ4n) is 4.18. The molecule has 3 N–H and O–H groups in total. The van der Waals surface area contributed by atoms with Gasteiger partial charge in [0.25, 0.3) is 5.91 Å². The van der Waals surface area contributed by atoms with Gasteiger partial charge in [0.2, 0.25) is 0 Å². The Kier molecular flexibility index (Phi) is 6.10. The van der Waals surface area contributed by atoms with Crippen LogP contribution in [0.3, 0.4) is 0 Å². The van der Waals surface area contributed by atoms with Crippen molar-refractivity contribution in [2.24, 2.45) is 5.10 Å². The molecular formula is C28H24N6O3. The number of esters is 1. The van der Waals surface area contributed by atoms with E-state index in [-0.39, 0.29) is 11.4 Å². The van der Waals surface area contributed by atoms with E-state index in [1.54, 1.807) is 30.5 Å². The molecule has 0 atom stereocenters. The van der Waals surface area contributed by atoms with E-state index in [0.29, 0.717) is 39.0 Å². The second kappa shape index (κ2) is 9.54. The van der Waals surface area contributed by atoms with Gasteiger partial charge in [-0.05, 0) is 66.9 Å². The maximum absolute atomic E-state index is 13.5. The summed E-state index contributed by atoms with van der Waals surface area (Å²) in [6, 6.07) is 19.9. The largest absolute Gasteiger partial charge is 0.465 e. The van der Waals surface area contributed by atoms with Crippen molar-refractivity contribution in [1.82, 2.24) is 14.6 Å². The molecule has 0 aliphatic rings. The summed E-state index contributed by atoms with van der Waals surface area (Å²) in [5.41, 5.74) is 12.5. The molecule has 0 aliphatic heterocycles. The molecule has 9 nitrogen and oxygen atoms in total. The molecular weight excluding hydrogens is 468 g/mol. The molecule has 184 valence electrons. The number of methoxy groups -OCH3 is 1. The van der Waals surface area contributed by atoms with Gasteiger partial charge in [-0.1, -0.05) is 30.3 Å². The number of aryl methyl sites for hydroxylation is 2. The number of anilines is 2. The molecule has 0 fully saturated rings. The van der Waals surface area contributed by atoms with E-state index in [1.807, 2.05) is 56.3 Å². The summed E-state index contributed by atoms with van der Waals surface area (Å²) in [6.07, 6.45) is 1.57. The zero-order valence-electron chi connectivity index (χ0n) is 20.5. The molecule has 9 heteroatoms. The summed E-state index contributed by atoms with van der Waals surface area (Å²) in [5.74, 6) is -0.728. The van der Waals surface area contributed by atoms with Crippen molar-refractivity contribution < 1.29 is 14.3 Å². The van der Waals surface area contributed by atoms with Crippen LogP contribution in [-0.2, 0) is 4.74 Å². The zero-order valence-corrected chi connectivity index (χ0v) is 20.5. The minimum atomic E-state index is -0.425. The van der Waals surface area contributed by atoms with Gasteiger partial charge in [0.05, 0.1) is 29.9 Å². The lowest BCUT2D eigenvalue weighted by atomic mass is 10.1. The van der Waals surface area contributed by atoms with Crippen LogP contribution in [0.4, 0.5) is 11.5 Å². The molecule has 0 spiro atoms. The first-order chi connectivity index (χ1) is 17.8. The van der Waals surface area contributed by atoms with Crippen molar-refractivity contribution >= 4 is 51.8 Å². The molecule has 5 rings (SSSR count). The Morgan fingerprint density at radius 1 is 0.973 bits per heavy atom. The van der Waals surface area contributed by atoms with E-state index in [0.717, 1.165) is 11.1 Å². The molecule has 1 amide bonds. The first kappa shape index (κ1) is 23.7. The fraction of sp³-hybridized carbons (Fsp3) is 0.107. The SMILES string of the molecule is COC(=O)c1ccc(/C=N\n2c(N)c(C(=O)Nc3cc(C)cc(C)c3)c3nc4ccccc4nc32)cc1. The maximum atomic E-state index is 13.5. The second-order valence-electron chi connectivity index (χ2n) is 8.65. The highest BCUT2D eigenvalue weighted by Gasteiger charge is 2.24. The second-order valence-corrected chi connectivity index (χ2v) is 8.65. The Bertz CT molecular complexity index is 1680. The predicted octanol–water partition coefficient (Wildman–Crippen LogP) is 4.70. The molecule has 0 bridgehead atoms. The number of fused-ring (bicyclic) bond motifs is 2.